The monoisotopic (exact) mass is 262 g/mol. The molecule has 0 saturated heterocycles. The summed E-state index contributed by atoms with van der Waals surface area (Å²) in [7, 11) is 0. The summed E-state index contributed by atoms with van der Waals surface area (Å²) < 4.78 is 16.7. The molecule has 1 atom stereocenters. The number of hydrogen-bond donors (Lipinski definition) is 2. The Morgan fingerprint density at radius 2 is 2.05 bits per heavy atom. The third kappa shape index (κ3) is 2.39. The molecular weight excluding hydrogens is 244 g/mol. The van der Waals surface area contributed by atoms with Gasteiger partial charge in [-0.05, 0) is 24.5 Å². The van der Waals surface area contributed by atoms with Gasteiger partial charge in [0.1, 0.15) is 13.2 Å². The Balaban J connectivity index is 1.97. The fraction of sp³-hybridized carbons (Fsp3) is 0.429. The van der Waals surface area contributed by atoms with Gasteiger partial charge in [-0.3, -0.25) is 5.84 Å². The van der Waals surface area contributed by atoms with Gasteiger partial charge in [-0.15, -0.1) is 0 Å². The van der Waals surface area contributed by atoms with Gasteiger partial charge >= 0.3 is 0 Å². The van der Waals surface area contributed by atoms with Gasteiger partial charge in [-0.25, -0.2) is 5.43 Å². The van der Waals surface area contributed by atoms with E-state index < -0.39 is 0 Å². The lowest BCUT2D eigenvalue weighted by atomic mass is 9.94. The molecule has 1 unspecified atom stereocenters. The lowest BCUT2D eigenvalue weighted by Crippen LogP contribution is -2.31. The number of hydrogen-bond acceptors (Lipinski definition) is 5. The van der Waals surface area contributed by atoms with E-state index in [9.17, 15) is 0 Å². The fourth-order valence-electron chi connectivity index (χ4n) is 2.52. The number of ether oxygens (including phenoxy) is 3. The summed E-state index contributed by atoms with van der Waals surface area (Å²) in [5, 5.41) is 0. The summed E-state index contributed by atoms with van der Waals surface area (Å²) in [5.41, 5.74) is 4.99. The second kappa shape index (κ2) is 5.50. The third-order valence-corrected chi connectivity index (χ3v) is 3.41. The molecule has 0 bridgehead atoms. The van der Waals surface area contributed by atoms with Crippen LogP contribution in [0.3, 0.4) is 0 Å². The average molecular weight is 262 g/mol. The maximum atomic E-state index is 5.74. The van der Waals surface area contributed by atoms with Gasteiger partial charge in [0.2, 0.25) is 0 Å². The highest BCUT2D eigenvalue weighted by Crippen LogP contribution is 2.40. The molecule has 2 aliphatic heterocycles. The van der Waals surface area contributed by atoms with E-state index in [0.717, 1.165) is 42.1 Å². The molecule has 1 aromatic rings. The van der Waals surface area contributed by atoms with Crippen molar-refractivity contribution in [3.63, 3.8) is 0 Å². The van der Waals surface area contributed by atoms with Crippen molar-refractivity contribution in [3.8, 4) is 11.5 Å². The van der Waals surface area contributed by atoms with Crippen LogP contribution in [0.4, 0.5) is 0 Å². The van der Waals surface area contributed by atoms with Crippen molar-refractivity contribution in [2.75, 3.05) is 19.8 Å². The van der Waals surface area contributed by atoms with Gasteiger partial charge in [0, 0.05) is 5.56 Å². The molecule has 1 aromatic carbocycles. The topological polar surface area (TPSA) is 65.7 Å². The lowest BCUT2D eigenvalue weighted by Gasteiger charge is -2.27. The van der Waals surface area contributed by atoms with Crippen molar-refractivity contribution in [3.05, 3.63) is 35.6 Å². The fourth-order valence-corrected chi connectivity index (χ4v) is 2.52. The first-order valence-corrected chi connectivity index (χ1v) is 6.55. The first kappa shape index (κ1) is 12.3. The SMILES string of the molecule is NNC(C1=COCCC1)c1cccc2c1OCCO2. The van der Waals surface area contributed by atoms with Gasteiger partial charge in [-0.1, -0.05) is 12.1 Å². The highest BCUT2D eigenvalue weighted by molar-refractivity contribution is 5.50. The minimum Gasteiger partial charge on any atom is -0.501 e. The van der Waals surface area contributed by atoms with E-state index in [2.05, 4.69) is 5.43 Å². The molecule has 0 aromatic heterocycles. The van der Waals surface area contributed by atoms with Crippen molar-refractivity contribution < 1.29 is 14.2 Å². The van der Waals surface area contributed by atoms with Gasteiger partial charge < -0.3 is 14.2 Å². The molecule has 0 spiro atoms. The molecule has 0 fully saturated rings. The number of nitrogens with two attached hydrogens (primary N) is 1. The van der Waals surface area contributed by atoms with Gasteiger partial charge in [0.05, 0.1) is 18.9 Å². The Bertz CT molecular complexity index is 488. The van der Waals surface area contributed by atoms with Crippen LogP contribution in [0.15, 0.2) is 30.0 Å². The van der Waals surface area contributed by atoms with Crippen LogP contribution in [0.25, 0.3) is 0 Å². The Hall–Kier alpha value is -1.72. The zero-order chi connectivity index (χ0) is 13.1. The lowest BCUT2D eigenvalue weighted by molar-refractivity contribution is 0.168. The number of nitrogens with one attached hydrogen (secondary N) is 1. The van der Waals surface area contributed by atoms with Crippen molar-refractivity contribution >= 4 is 0 Å². The van der Waals surface area contributed by atoms with Gasteiger partial charge in [0.25, 0.3) is 0 Å². The molecule has 0 radical (unpaired) electrons. The standard InChI is InChI=1S/C14H18N2O3/c15-16-13(10-3-2-6-17-9-10)11-4-1-5-12-14(11)19-8-7-18-12/h1,4-5,9,13,16H,2-3,6-8,15H2. The molecule has 3 rings (SSSR count). The smallest absolute Gasteiger partial charge is 0.166 e. The Morgan fingerprint density at radius 3 is 2.84 bits per heavy atom. The van der Waals surface area contributed by atoms with E-state index in [1.54, 1.807) is 6.26 Å². The van der Waals surface area contributed by atoms with Crippen molar-refractivity contribution in [2.24, 2.45) is 5.84 Å². The predicted octanol–water partition coefficient (Wildman–Crippen LogP) is 1.66. The molecule has 2 heterocycles. The van der Waals surface area contributed by atoms with Crippen LogP contribution in [-0.2, 0) is 4.74 Å². The first-order valence-electron chi connectivity index (χ1n) is 6.55. The van der Waals surface area contributed by atoms with Crippen LogP contribution in [0, 0.1) is 0 Å². The highest BCUT2D eigenvalue weighted by Gasteiger charge is 2.25. The van der Waals surface area contributed by atoms with Crippen molar-refractivity contribution in [1.29, 1.82) is 0 Å². The summed E-state index contributed by atoms with van der Waals surface area (Å²) in [6, 6.07) is 5.78. The van der Waals surface area contributed by atoms with E-state index in [1.807, 2.05) is 18.2 Å². The second-order valence-corrected chi connectivity index (χ2v) is 4.64. The van der Waals surface area contributed by atoms with Crippen LogP contribution in [0.5, 0.6) is 11.5 Å². The van der Waals surface area contributed by atoms with E-state index >= 15 is 0 Å². The van der Waals surface area contributed by atoms with Crippen LogP contribution in [0.2, 0.25) is 0 Å². The molecular formula is C14H18N2O3. The molecule has 5 heteroatoms. The number of hydrazine groups is 1. The number of rotatable bonds is 3. The molecule has 5 nitrogen and oxygen atoms in total. The van der Waals surface area contributed by atoms with E-state index in [-0.39, 0.29) is 6.04 Å². The maximum Gasteiger partial charge on any atom is 0.166 e. The first-order chi connectivity index (χ1) is 9.40. The third-order valence-electron chi connectivity index (χ3n) is 3.41. The highest BCUT2D eigenvalue weighted by atomic mass is 16.6. The normalized spacial score (nSPS) is 19.3. The second-order valence-electron chi connectivity index (χ2n) is 4.64. The number of fused-ring (bicyclic) bond motifs is 1. The Labute approximate surface area is 112 Å². The predicted molar refractivity (Wildman–Crippen MR) is 70.8 cm³/mol. The van der Waals surface area contributed by atoms with Crippen molar-refractivity contribution in [1.82, 2.24) is 5.43 Å². The van der Waals surface area contributed by atoms with E-state index in [4.69, 9.17) is 20.1 Å². The van der Waals surface area contributed by atoms with Gasteiger partial charge in [-0.2, -0.15) is 0 Å². The molecule has 2 aliphatic rings. The molecule has 3 N–H and O–H groups in total. The maximum absolute atomic E-state index is 5.74. The summed E-state index contributed by atoms with van der Waals surface area (Å²) >= 11 is 0. The van der Waals surface area contributed by atoms with Gasteiger partial charge in [0.15, 0.2) is 11.5 Å². The Kier molecular flexibility index (Phi) is 3.57. The molecule has 0 amide bonds. The van der Waals surface area contributed by atoms with Crippen LogP contribution in [0.1, 0.15) is 24.4 Å². The number of benzene rings is 1. The van der Waals surface area contributed by atoms with E-state index in [0.29, 0.717) is 13.2 Å². The molecule has 0 aliphatic carbocycles. The minimum absolute atomic E-state index is 0.100. The number of para-hydroxylation sites is 1. The summed E-state index contributed by atoms with van der Waals surface area (Å²) in [6.45, 7) is 1.92. The molecule has 102 valence electrons. The Morgan fingerprint density at radius 1 is 1.16 bits per heavy atom. The average Bonchev–Trinajstić information content (AvgIpc) is 2.49. The van der Waals surface area contributed by atoms with Crippen LogP contribution in [-0.4, -0.2) is 19.8 Å². The zero-order valence-corrected chi connectivity index (χ0v) is 10.7. The van der Waals surface area contributed by atoms with E-state index in [1.165, 1.54) is 0 Å². The largest absolute Gasteiger partial charge is 0.501 e. The summed E-state index contributed by atoms with van der Waals surface area (Å²) in [6.07, 6.45) is 3.78. The summed E-state index contributed by atoms with van der Waals surface area (Å²) in [5.74, 6) is 7.29. The van der Waals surface area contributed by atoms with Crippen molar-refractivity contribution in [2.45, 2.75) is 18.9 Å². The van der Waals surface area contributed by atoms with Crippen LogP contribution >= 0.6 is 0 Å². The molecule has 0 saturated carbocycles. The zero-order valence-electron chi connectivity index (χ0n) is 10.7. The quantitative estimate of drug-likeness (QED) is 0.640. The molecule has 19 heavy (non-hydrogen) atoms. The minimum atomic E-state index is -0.100. The summed E-state index contributed by atoms with van der Waals surface area (Å²) in [4.78, 5) is 0. The van der Waals surface area contributed by atoms with Crippen LogP contribution < -0.4 is 20.7 Å².